The van der Waals surface area contributed by atoms with Crippen LogP contribution in [0.4, 0.5) is 0 Å². The van der Waals surface area contributed by atoms with Crippen LogP contribution in [0.5, 0.6) is 0 Å². The van der Waals surface area contributed by atoms with Crippen LogP contribution in [-0.4, -0.2) is 107 Å². The van der Waals surface area contributed by atoms with E-state index in [1.165, 1.54) is 20.8 Å². The number of nitrogens with zero attached hydrogens (tertiary/aromatic N) is 3. The van der Waals surface area contributed by atoms with Gasteiger partial charge in [-0.1, -0.05) is 5.11 Å². The third-order valence-electron chi connectivity index (χ3n) is 4.67. The number of ether oxygens (including phenoxy) is 7. The molecule has 1 heterocycles. The largest absolute Gasteiger partial charge is 0.463 e. The second kappa shape index (κ2) is 17.5. The number of rotatable bonds is 15. The lowest BCUT2D eigenvalue weighted by Gasteiger charge is -2.34. The maximum absolute atomic E-state index is 12.0. The van der Waals surface area contributed by atoms with E-state index in [1.807, 2.05) is 0 Å². The molecule has 15 nitrogen and oxygen atoms in total. The zero-order valence-electron chi connectivity index (χ0n) is 20.9. The predicted molar refractivity (Wildman–Crippen MR) is 120 cm³/mol. The first-order chi connectivity index (χ1) is 17.1. The Labute approximate surface area is 208 Å². The number of carbonyl (C=O) groups is 4. The van der Waals surface area contributed by atoms with Crippen molar-refractivity contribution in [2.75, 3.05) is 52.8 Å². The van der Waals surface area contributed by atoms with E-state index in [4.69, 9.17) is 38.7 Å². The van der Waals surface area contributed by atoms with Gasteiger partial charge in [0.25, 0.3) is 0 Å². The van der Waals surface area contributed by atoms with Gasteiger partial charge >= 0.3 is 17.9 Å². The van der Waals surface area contributed by atoms with Crippen molar-refractivity contribution in [2.45, 2.75) is 58.2 Å². The first-order valence-corrected chi connectivity index (χ1v) is 11.3. The summed E-state index contributed by atoms with van der Waals surface area (Å²) < 4.78 is 38.3. The molecule has 0 unspecified atom stereocenters. The van der Waals surface area contributed by atoms with Gasteiger partial charge in [0.15, 0.2) is 12.2 Å². The van der Waals surface area contributed by atoms with Crippen molar-refractivity contribution < 1.29 is 52.3 Å². The average Bonchev–Trinajstić information content (AvgIpc) is 2.90. The summed E-state index contributed by atoms with van der Waals surface area (Å²) in [5, 5.41) is 6.03. The van der Waals surface area contributed by atoms with Gasteiger partial charge in [-0.3, -0.25) is 19.2 Å². The van der Waals surface area contributed by atoms with E-state index in [0.29, 0.717) is 6.61 Å². The van der Waals surface area contributed by atoms with E-state index < -0.39 is 54.3 Å². The maximum Gasteiger partial charge on any atom is 0.303 e. The first kappa shape index (κ1) is 31.1. The molecule has 0 aromatic rings. The second-order valence-electron chi connectivity index (χ2n) is 7.64. The first-order valence-electron chi connectivity index (χ1n) is 11.3. The van der Waals surface area contributed by atoms with E-state index in [0.717, 1.165) is 6.92 Å². The topological polar surface area (TPSA) is 194 Å². The molecule has 0 spiro atoms. The molecule has 5 atom stereocenters. The molecule has 1 fully saturated rings. The molecule has 0 aliphatic carbocycles. The highest BCUT2D eigenvalue weighted by Crippen LogP contribution is 2.25. The van der Waals surface area contributed by atoms with Crippen LogP contribution >= 0.6 is 0 Å². The fourth-order valence-corrected chi connectivity index (χ4v) is 3.35. The van der Waals surface area contributed by atoms with Crippen LogP contribution in [-0.2, 0) is 52.3 Å². The number of nitrogens with one attached hydrogen (secondary N) is 1. The summed E-state index contributed by atoms with van der Waals surface area (Å²) in [5.74, 6) is -2.41. The van der Waals surface area contributed by atoms with E-state index >= 15 is 0 Å². The smallest absolute Gasteiger partial charge is 0.303 e. The minimum Gasteiger partial charge on any atom is -0.463 e. The molecule has 1 N–H and O–H groups in total. The van der Waals surface area contributed by atoms with Gasteiger partial charge in [0.2, 0.25) is 5.91 Å². The van der Waals surface area contributed by atoms with Crippen molar-refractivity contribution in [3.63, 3.8) is 0 Å². The number of hydrogen-bond acceptors (Lipinski definition) is 12. The molecule has 1 aliphatic heterocycles. The zero-order valence-corrected chi connectivity index (χ0v) is 20.9. The molecule has 1 rings (SSSR count). The molecule has 204 valence electrons. The highest BCUT2D eigenvalue weighted by atomic mass is 16.6. The Kier molecular flexibility index (Phi) is 15.1. The monoisotopic (exact) mass is 518 g/mol. The third kappa shape index (κ3) is 12.7. The van der Waals surface area contributed by atoms with Gasteiger partial charge in [-0.2, -0.15) is 0 Å². The summed E-state index contributed by atoms with van der Waals surface area (Å²) in [6.07, 6.45) is -4.23. The standard InChI is InChI=1S/C21H34N4O11/c1-13(26)24-19-17(32-10-9-31-8-7-30-6-5-23-25-22)11-34-18(12-33-14(2)27)20(35-15(3)28)21(19)36-16(4)29/h17-21H,5-12H2,1-4H3,(H,24,26)/t17-,18+,19+,20-,21+/m0/s1. The number of azide groups is 1. The average molecular weight is 519 g/mol. The van der Waals surface area contributed by atoms with Gasteiger partial charge in [-0.05, 0) is 5.53 Å². The molecule has 0 radical (unpaired) electrons. The number of carbonyl (C=O) groups excluding carboxylic acids is 4. The molecular weight excluding hydrogens is 484 g/mol. The third-order valence-corrected chi connectivity index (χ3v) is 4.67. The normalized spacial score (nSPS) is 23.5. The maximum atomic E-state index is 12.0. The van der Waals surface area contributed by atoms with Gasteiger partial charge in [0, 0.05) is 39.2 Å². The van der Waals surface area contributed by atoms with Crippen molar-refractivity contribution in [2.24, 2.45) is 5.11 Å². The van der Waals surface area contributed by atoms with Crippen molar-refractivity contribution in [1.29, 1.82) is 0 Å². The Morgan fingerprint density at radius 2 is 1.53 bits per heavy atom. The molecule has 0 bridgehead atoms. The molecular formula is C21H34N4O11. The van der Waals surface area contributed by atoms with Crippen LogP contribution in [0.2, 0.25) is 0 Å². The Morgan fingerprint density at radius 1 is 0.917 bits per heavy atom. The molecule has 0 aromatic carbocycles. The fraction of sp³-hybridized carbons (Fsp3) is 0.810. The Bertz CT molecular complexity index is 775. The lowest BCUT2D eigenvalue weighted by atomic mass is 9.97. The van der Waals surface area contributed by atoms with Crippen molar-refractivity contribution in [1.82, 2.24) is 5.32 Å². The van der Waals surface area contributed by atoms with E-state index in [-0.39, 0.29) is 46.2 Å². The van der Waals surface area contributed by atoms with Crippen LogP contribution < -0.4 is 5.32 Å². The number of esters is 3. The van der Waals surface area contributed by atoms with Gasteiger partial charge in [-0.25, -0.2) is 0 Å². The van der Waals surface area contributed by atoms with E-state index in [1.54, 1.807) is 0 Å². The lowest BCUT2D eigenvalue weighted by molar-refractivity contribution is -0.182. The summed E-state index contributed by atoms with van der Waals surface area (Å²) in [6, 6.07) is -0.956. The summed E-state index contributed by atoms with van der Waals surface area (Å²) >= 11 is 0. The van der Waals surface area contributed by atoms with Crippen LogP contribution in [0.1, 0.15) is 27.7 Å². The molecule has 1 amide bonds. The molecule has 0 aromatic heterocycles. The number of hydrogen-bond donors (Lipinski definition) is 1. The minimum absolute atomic E-state index is 0.0858. The Balaban J connectivity index is 2.91. The predicted octanol–water partition coefficient (Wildman–Crippen LogP) is 0.0451. The molecule has 36 heavy (non-hydrogen) atoms. The summed E-state index contributed by atoms with van der Waals surface area (Å²) in [6.45, 7) is 5.74. The summed E-state index contributed by atoms with van der Waals surface area (Å²) in [4.78, 5) is 49.7. The molecule has 1 saturated heterocycles. The van der Waals surface area contributed by atoms with Gasteiger partial charge < -0.3 is 38.5 Å². The minimum atomic E-state index is -1.20. The Hall–Kier alpha value is -2.97. The molecule has 1 aliphatic rings. The van der Waals surface area contributed by atoms with Crippen LogP contribution in [0, 0.1) is 0 Å². The van der Waals surface area contributed by atoms with E-state index in [2.05, 4.69) is 15.3 Å². The Morgan fingerprint density at radius 3 is 2.11 bits per heavy atom. The summed E-state index contributed by atoms with van der Waals surface area (Å²) in [5.41, 5.74) is 8.20. The van der Waals surface area contributed by atoms with Gasteiger partial charge in [0.1, 0.15) is 18.8 Å². The van der Waals surface area contributed by atoms with Crippen molar-refractivity contribution >= 4 is 23.8 Å². The van der Waals surface area contributed by atoms with Gasteiger partial charge in [-0.15, -0.1) is 0 Å². The van der Waals surface area contributed by atoms with Crippen LogP contribution in [0.15, 0.2) is 5.11 Å². The quantitative estimate of drug-likeness (QED) is 0.0768. The van der Waals surface area contributed by atoms with Crippen LogP contribution in [0.25, 0.3) is 10.4 Å². The van der Waals surface area contributed by atoms with Crippen molar-refractivity contribution in [3.05, 3.63) is 10.4 Å². The summed E-state index contributed by atoms with van der Waals surface area (Å²) in [7, 11) is 0. The molecule has 0 saturated carbocycles. The SMILES string of the molecule is CC(=O)N[C@H]1[C@@H](OC(C)=O)[C@@H](OC(C)=O)[C@@H](COC(C)=O)OC[C@@H]1OCCOCCOCCN=[N+]=[N-]. The van der Waals surface area contributed by atoms with E-state index in [9.17, 15) is 19.2 Å². The highest BCUT2D eigenvalue weighted by Gasteiger charge is 2.48. The second-order valence-corrected chi connectivity index (χ2v) is 7.64. The molecule has 15 heteroatoms. The van der Waals surface area contributed by atoms with Gasteiger partial charge in [0.05, 0.1) is 45.7 Å². The number of amides is 1. The van der Waals surface area contributed by atoms with Crippen molar-refractivity contribution in [3.8, 4) is 0 Å². The fourth-order valence-electron chi connectivity index (χ4n) is 3.35. The zero-order chi connectivity index (χ0) is 26.9. The highest BCUT2D eigenvalue weighted by molar-refractivity contribution is 5.73. The van der Waals surface area contributed by atoms with Crippen LogP contribution in [0.3, 0.4) is 0 Å². The lowest BCUT2D eigenvalue weighted by Crippen LogP contribution is -2.58.